The fourth-order valence-corrected chi connectivity index (χ4v) is 1.55. The van der Waals surface area contributed by atoms with Gasteiger partial charge in [0.1, 0.15) is 11.6 Å². The van der Waals surface area contributed by atoms with Gasteiger partial charge in [0, 0.05) is 19.7 Å². The third kappa shape index (κ3) is 2.42. The van der Waals surface area contributed by atoms with E-state index in [1.54, 1.807) is 18.1 Å². The minimum atomic E-state index is 0.442. The minimum Gasteiger partial charge on any atom is -0.495 e. The van der Waals surface area contributed by atoms with E-state index in [4.69, 9.17) is 21.7 Å². The predicted molar refractivity (Wildman–Crippen MR) is 63.3 cm³/mol. The van der Waals surface area contributed by atoms with Crippen molar-refractivity contribution < 1.29 is 4.74 Å². The third-order valence-electron chi connectivity index (χ3n) is 2.20. The Morgan fingerprint density at radius 3 is 2.47 bits per heavy atom. The molecule has 0 aliphatic heterocycles. The van der Waals surface area contributed by atoms with E-state index in [9.17, 15) is 0 Å². The van der Waals surface area contributed by atoms with Gasteiger partial charge >= 0.3 is 0 Å². The van der Waals surface area contributed by atoms with Crippen molar-refractivity contribution in [2.75, 3.05) is 21.2 Å². The molecule has 0 heterocycles. The number of halogens is 1. The first-order valence-corrected chi connectivity index (χ1v) is 4.95. The summed E-state index contributed by atoms with van der Waals surface area (Å²) in [7, 11) is 5.25. The van der Waals surface area contributed by atoms with Crippen LogP contribution in [-0.2, 0) is 0 Å². The zero-order valence-corrected chi connectivity index (χ0v) is 10.1. The molecule has 1 rings (SSSR count). The average molecular weight is 227 g/mol. The van der Waals surface area contributed by atoms with Crippen LogP contribution >= 0.6 is 11.6 Å². The second-order valence-corrected chi connectivity index (χ2v) is 3.95. The standard InChI is InChI=1S/C11H15ClN2O/c1-7-5-10(15-4)9(12)6-8(7)11(13)14(2)3/h5-6,13H,1-4H3. The molecule has 0 saturated carbocycles. The zero-order chi connectivity index (χ0) is 11.6. The highest BCUT2D eigenvalue weighted by Crippen LogP contribution is 2.28. The molecule has 0 aromatic heterocycles. The minimum absolute atomic E-state index is 0.442. The maximum Gasteiger partial charge on any atom is 0.137 e. The van der Waals surface area contributed by atoms with Crippen LogP contribution in [0.25, 0.3) is 0 Å². The van der Waals surface area contributed by atoms with Crippen molar-refractivity contribution in [3.63, 3.8) is 0 Å². The molecule has 0 bridgehead atoms. The molecular formula is C11H15ClN2O. The fourth-order valence-electron chi connectivity index (χ4n) is 1.31. The van der Waals surface area contributed by atoms with Gasteiger partial charge in [0.25, 0.3) is 0 Å². The quantitative estimate of drug-likeness (QED) is 0.622. The van der Waals surface area contributed by atoms with Gasteiger partial charge in [-0.15, -0.1) is 0 Å². The first kappa shape index (κ1) is 11.9. The van der Waals surface area contributed by atoms with Crippen LogP contribution in [0.5, 0.6) is 5.75 Å². The van der Waals surface area contributed by atoms with Gasteiger partial charge in [0.05, 0.1) is 12.1 Å². The summed E-state index contributed by atoms with van der Waals surface area (Å²) in [5.74, 6) is 1.08. The number of aryl methyl sites for hydroxylation is 1. The molecule has 0 fully saturated rings. The first-order chi connectivity index (χ1) is 6.97. The van der Waals surface area contributed by atoms with E-state index in [1.165, 1.54) is 0 Å². The van der Waals surface area contributed by atoms with Gasteiger partial charge in [-0.3, -0.25) is 5.41 Å². The van der Waals surface area contributed by atoms with Gasteiger partial charge in [0.2, 0.25) is 0 Å². The molecule has 82 valence electrons. The number of rotatable bonds is 2. The highest BCUT2D eigenvalue weighted by atomic mass is 35.5. The molecule has 0 saturated heterocycles. The summed E-state index contributed by atoms with van der Waals surface area (Å²) >= 11 is 6.01. The predicted octanol–water partition coefficient (Wildman–Crippen LogP) is 2.54. The Balaban J connectivity index is 3.22. The summed E-state index contributed by atoms with van der Waals surface area (Å²) in [4.78, 5) is 1.74. The molecule has 0 radical (unpaired) electrons. The molecule has 1 N–H and O–H groups in total. The van der Waals surface area contributed by atoms with Crippen molar-refractivity contribution in [2.24, 2.45) is 0 Å². The number of methoxy groups -OCH3 is 1. The summed E-state index contributed by atoms with van der Waals surface area (Å²) < 4.78 is 5.10. The van der Waals surface area contributed by atoms with Crippen LogP contribution < -0.4 is 4.74 Å². The van der Waals surface area contributed by atoms with Crippen molar-refractivity contribution in [1.82, 2.24) is 4.90 Å². The lowest BCUT2D eigenvalue weighted by Gasteiger charge is -2.17. The van der Waals surface area contributed by atoms with Crippen LogP contribution in [0, 0.1) is 12.3 Å². The van der Waals surface area contributed by atoms with Crippen molar-refractivity contribution in [1.29, 1.82) is 5.41 Å². The molecule has 3 nitrogen and oxygen atoms in total. The molecule has 0 unspecified atom stereocenters. The number of benzene rings is 1. The monoisotopic (exact) mass is 226 g/mol. The SMILES string of the molecule is COc1cc(C)c(C(=N)N(C)C)cc1Cl. The number of ether oxygens (including phenoxy) is 1. The van der Waals surface area contributed by atoms with E-state index in [-0.39, 0.29) is 0 Å². The van der Waals surface area contributed by atoms with Crippen LogP contribution in [0.4, 0.5) is 0 Å². The van der Waals surface area contributed by atoms with E-state index in [2.05, 4.69) is 0 Å². The number of hydrogen-bond acceptors (Lipinski definition) is 2. The Morgan fingerprint density at radius 2 is 2.00 bits per heavy atom. The van der Waals surface area contributed by atoms with E-state index in [0.717, 1.165) is 11.1 Å². The molecule has 4 heteroatoms. The topological polar surface area (TPSA) is 36.3 Å². The van der Waals surface area contributed by atoms with Gasteiger partial charge < -0.3 is 9.64 Å². The molecule has 0 aliphatic rings. The molecular weight excluding hydrogens is 212 g/mol. The van der Waals surface area contributed by atoms with Crippen molar-refractivity contribution in [3.8, 4) is 5.75 Å². The third-order valence-corrected chi connectivity index (χ3v) is 2.50. The molecule has 0 atom stereocenters. The Labute approximate surface area is 95.1 Å². The van der Waals surface area contributed by atoms with Crippen LogP contribution in [0.15, 0.2) is 12.1 Å². The van der Waals surface area contributed by atoms with Crippen LogP contribution in [0.2, 0.25) is 5.02 Å². The van der Waals surface area contributed by atoms with Gasteiger partial charge in [0.15, 0.2) is 0 Å². The highest BCUT2D eigenvalue weighted by Gasteiger charge is 2.11. The smallest absolute Gasteiger partial charge is 0.137 e. The summed E-state index contributed by atoms with van der Waals surface area (Å²) in [5.41, 5.74) is 1.81. The zero-order valence-electron chi connectivity index (χ0n) is 9.39. The lowest BCUT2D eigenvalue weighted by atomic mass is 10.1. The first-order valence-electron chi connectivity index (χ1n) is 4.57. The molecule has 1 aromatic rings. The van der Waals surface area contributed by atoms with Crippen molar-refractivity contribution in [3.05, 3.63) is 28.3 Å². The van der Waals surface area contributed by atoms with Crippen LogP contribution in [0.1, 0.15) is 11.1 Å². The number of nitrogens with zero attached hydrogens (tertiary/aromatic N) is 1. The molecule has 0 aliphatic carbocycles. The molecule has 0 amide bonds. The van der Waals surface area contributed by atoms with E-state index >= 15 is 0 Å². The van der Waals surface area contributed by atoms with Crippen molar-refractivity contribution in [2.45, 2.75) is 6.92 Å². The Hall–Kier alpha value is -1.22. The fraction of sp³-hybridized carbons (Fsp3) is 0.364. The number of nitrogens with one attached hydrogen (secondary N) is 1. The van der Waals surface area contributed by atoms with Gasteiger partial charge in [-0.2, -0.15) is 0 Å². The van der Waals surface area contributed by atoms with Crippen LogP contribution in [-0.4, -0.2) is 31.9 Å². The van der Waals surface area contributed by atoms with Crippen LogP contribution in [0.3, 0.4) is 0 Å². The number of hydrogen-bond donors (Lipinski definition) is 1. The summed E-state index contributed by atoms with van der Waals surface area (Å²) in [6.45, 7) is 1.94. The Kier molecular flexibility index (Phi) is 3.58. The van der Waals surface area contributed by atoms with Crippen molar-refractivity contribution >= 4 is 17.4 Å². The van der Waals surface area contributed by atoms with E-state index in [1.807, 2.05) is 27.1 Å². The maximum absolute atomic E-state index is 7.88. The molecule has 0 spiro atoms. The number of amidine groups is 1. The molecule has 15 heavy (non-hydrogen) atoms. The van der Waals surface area contributed by atoms with Gasteiger partial charge in [-0.25, -0.2) is 0 Å². The van der Waals surface area contributed by atoms with E-state index < -0.39 is 0 Å². The van der Waals surface area contributed by atoms with Gasteiger partial charge in [-0.1, -0.05) is 11.6 Å². The summed E-state index contributed by atoms with van der Waals surface area (Å²) in [5, 5.41) is 8.41. The lowest BCUT2D eigenvalue weighted by Crippen LogP contribution is -2.22. The Morgan fingerprint density at radius 1 is 1.40 bits per heavy atom. The van der Waals surface area contributed by atoms with Gasteiger partial charge in [-0.05, 0) is 24.6 Å². The lowest BCUT2D eigenvalue weighted by molar-refractivity contribution is 0.414. The molecule has 1 aromatic carbocycles. The average Bonchev–Trinajstić information content (AvgIpc) is 2.19. The maximum atomic E-state index is 7.88. The van der Waals surface area contributed by atoms with E-state index in [0.29, 0.717) is 16.6 Å². The Bertz CT molecular complexity index is 388. The summed E-state index contributed by atoms with van der Waals surface area (Å²) in [6, 6.07) is 3.60. The second kappa shape index (κ2) is 4.53. The second-order valence-electron chi connectivity index (χ2n) is 3.54. The summed E-state index contributed by atoms with van der Waals surface area (Å²) in [6.07, 6.45) is 0. The highest BCUT2D eigenvalue weighted by molar-refractivity contribution is 6.32. The normalized spacial score (nSPS) is 9.93. The largest absolute Gasteiger partial charge is 0.495 e.